The molecule has 0 atom stereocenters. The van der Waals surface area contributed by atoms with Gasteiger partial charge in [0.2, 0.25) is 5.91 Å². The molecule has 3 rings (SSSR count). The largest absolute Gasteiger partial charge is 0.494 e. The summed E-state index contributed by atoms with van der Waals surface area (Å²) in [6, 6.07) is 23.8. The maximum Gasteiger partial charge on any atom is 0.258 e. The van der Waals surface area contributed by atoms with Crippen LogP contribution < -0.4 is 20.3 Å². The lowest BCUT2D eigenvalue weighted by Gasteiger charge is -2.17. The number of benzene rings is 3. The van der Waals surface area contributed by atoms with Crippen LogP contribution in [0.1, 0.15) is 17.3 Å². The van der Waals surface area contributed by atoms with Gasteiger partial charge >= 0.3 is 0 Å². The summed E-state index contributed by atoms with van der Waals surface area (Å²) in [6.45, 7) is 2.63. The van der Waals surface area contributed by atoms with Crippen molar-refractivity contribution in [3.63, 3.8) is 0 Å². The van der Waals surface area contributed by atoms with Crippen molar-refractivity contribution >= 4 is 28.9 Å². The first-order chi connectivity index (χ1) is 14.6. The van der Waals surface area contributed by atoms with Gasteiger partial charge in [-0.3, -0.25) is 9.59 Å². The van der Waals surface area contributed by atoms with Gasteiger partial charge in [0.1, 0.15) is 5.75 Å². The third-order valence-corrected chi connectivity index (χ3v) is 4.46. The van der Waals surface area contributed by atoms with Gasteiger partial charge in [-0.1, -0.05) is 24.3 Å². The fourth-order valence-electron chi connectivity index (χ4n) is 2.91. The molecule has 0 saturated heterocycles. The van der Waals surface area contributed by atoms with Crippen LogP contribution in [0.4, 0.5) is 17.1 Å². The summed E-state index contributed by atoms with van der Waals surface area (Å²) >= 11 is 0. The molecule has 0 spiro atoms. The minimum absolute atomic E-state index is 0.116. The van der Waals surface area contributed by atoms with Gasteiger partial charge in [0.25, 0.3) is 5.91 Å². The van der Waals surface area contributed by atoms with E-state index in [4.69, 9.17) is 4.74 Å². The van der Waals surface area contributed by atoms with Crippen molar-refractivity contribution in [1.82, 2.24) is 0 Å². The quantitative estimate of drug-likeness (QED) is 0.584. The number of nitrogens with zero attached hydrogens (tertiary/aromatic N) is 1. The molecule has 0 aliphatic rings. The number of carbonyl (C=O) groups is 2. The number of anilines is 3. The second-order valence-electron chi connectivity index (χ2n) is 6.64. The van der Waals surface area contributed by atoms with Crippen LogP contribution in [0.25, 0.3) is 0 Å². The Kier molecular flexibility index (Phi) is 7.05. The Balaban J connectivity index is 1.54. The van der Waals surface area contributed by atoms with Crippen molar-refractivity contribution < 1.29 is 14.3 Å². The minimum atomic E-state index is -0.183. The Labute approximate surface area is 176 Å². The van der Waals surface area contributed by atoms with E-state index in [1.807, 2.05) is 61.5 Å². The molecule has 3 aromatic carbocycles. The smallest absolute Gasteiger partial charge is 0.258 e. The standard InChI is InChI=1S/C24H25N3O3/c1-3-30-22-11-7-8-20(16-22)25-17-23(28)26-19-14-12-18(13-15-19)24(29)27(2)21-9-5-4-6-10-21/h4-16,25H,3,17H2,1-2H3,(H,26,28). The number of ether oxygens (including phenoxy) is 1. The van der Waals surface area contributed by atoms with Crippen LogP contribution in [0.2, 0.25) is 0 Å². The maximum absolute atomic E-state index is 12.6. The number of carbonyl (C=O) groups excluding carboxylic acids is 2. The van der Waals surface area contributed by atoms with E-state index in [1.165, 1.54) is 0 Å². The Morgan fingerprint density at radius 3 is 2.33 bits per heavy atom. The zero-order chi connectivity index (χ0) is 21.3. The van der Waals surface area contributed by atoms with Crippen LogP contribution in [0.3, 0.4) is 0 Å². The third-order valence-electron chi connectivity index (χ3n) is 4.46. The highest BCUT2D eigenvalue weighted by Gasteiger charge is 2.13. The molecule has 0 aliphatic heterocycles. The lowest BCUT2D eigenvalue weighted by Crippen LogP contribution is -2.26. The van der Waals surface area contributed by atoms with Crippen LogP contribution in [0, 0.1) is 0 Å². The second-order valence-corrected chi connectivity index (χ2v) is 6.64. The number of hydrogen-bond acceptors (Lipinski definition) is 4. The molecule has 2 amide bonds. The van der Waals surface area contributed by atoms with Crippen molar-refractivity contribution in [3.8, 4) is 5.75 Å². The Hall–Kier alpha value is -3.80. The van der Waals surface area contributed by atoms with Gasteiger partial charge in [0.15, 0.2) is 0 Å². The molecule has 30 heavy (non-hydrogen) atoms. The van der Waals surface area contributed by atoms with Crippen molar-refractivity contribution in [1.29, 1.82) is 0 Å². The van der Waals surface area contributed by atoms with Crippen LogP contribution in [-0.2, 0) is 4.79 Å². The number of rotatable bonds is 8. The highest BCUT2D eigenvalue weighted by Crippen LogP contribution is 2.18. The lowest BCUT2D eigenvalue weighted by atomic mass is 10.1. The molecule has 0 aromatic heterocycles. The Bertz CT molecular complexity index is 988. The SMILES string of the molecule is CCOc1cccc(NCC(=O)Nc2ccc(C(=O)N(C)c3ccccc3)cc2)c1. The Morgan fingerprint density at radius 2 is 1.63 bits per heavy atom. The van der Waals surface area contributed by atoms with Crippen LogP contribution in [-0.4, -0.2) is 32.0 Å². The van der Waals surface area contributed by atoms with Crippen molar-refractivity contribution in [2.45, 2.75) is 6.92 Å². The fourth-order valence-corrected chi connectivity index (χ4v) is 2.91. The van der Waals surface area contributed by atoms with Gasteiger partial charge in [0, 0.05) is 35.7 Å². The first-order valence-corrected chi connectivity index (χ1v) is 9.76. The average molecular weight is 403 g/mol. The topological polar surface area (TPSA) is 70.7 Å². The lowest BCUT2D eigenvalue weighted by molar-refractivity contribution is -0.114. The highest BCUT2D eigenvalue weighted by molar-refractivity contribution is 6.06. The maximum atomic E-state index is 12.6. The van der Waals surface area contributed by atoms with E-state index in [-0.39, 0.29) is 18.4 Å². The zero-order valence-electron chi connectivity index (χ0n) is 17.1. The predicted molar refractivity (Wildman–Crippen MR) is 120 cm³/mol. The van der Waals surface area contributed by atoms with Crippen molar-refractivity contribution in [3.05, 3.63) is 84.4 Å². The molecule has 0 bridgehead atoms. The number of para-hydroxylation sites is 1. The van der Waals surface area contributed by atoms with E-state index in [9.17, 15) is 9.59 Å². The normalized spacial score (nSPS) is 10.2. The van der Waals surface area contributed by atoms with Gasteiger partial charge in [-0.2, -0.15) is 0 Å². The molecule has 6 heteroatoms. The van der Waals surface area contributed by atoms with Gasteiger partial charge in [-0.15, -0.1) is 0 Å². The van der Waals surface area contributed by atoms with Gasteiger partial charge in [-0.25, -0.2) is 0 Å². The van der Waals surface area contributed by atoms with E-state index >= 15 is 0 Å². The van der Waals surface area contributed by atoms with Crippen LogP contribution in [0.15, 0.2) is 78.9 Å². The molecule has 6 nitrogen and oxygen atoms in total. The fraction of sp³-hybridized carbons (Fsp3) is 0.167. The molecule has 154 valence electrons. The molecule has 0 radical (unpaired) electrons. The van der Waals surface area contributed by atoms with Crippen LogP contribution >= 0.6 is 0 Å². The van der Waals surface area contributed by atoms with E-state index in [1.54, 1.807) is 36.2 Å². The molecule has 0 aliphatic carbocycles. The molecular weight excluding hydrogens is 378 g/mol. The molecular formula is C24H25N3O3. The summed E-state index contributed by atoms with van der Waals surface area (Å²) in [5.41, 5.74) is 2.80. The zero-order valence-corrected chi connectivity index (χ0v) is 17.1. The minimum Gasteiger partial charge on any atom is -0.494 e. The first-order valence-electron chi connectivity index (χ1n) is 9.76. The van der Waals surface area contributed by atoms with Gasteiger partial charge in [-0.05, 0) is 55.5 Å². The first kappa shape index (κ1) is 20.9. The predicted octanol–water partition coefficient (Wildman–Crippen LogP) is 4.41. The summed E-state index contributed by atoms with van der Waals surface area (Å²) in [5, 5.41) is 5.89. The van der Waals surface area contributed by atoms with Crippen molar-refractivity contribution in [2.24, 2.45) is 0 Å². The summed E-state index contributed by atoms with van der Waals surface area (Å²) in [5.74, 6) is 0.454. The molecule has 3 aromatic rings. The Morgan fingerprint density at radius 1 is 0.900 bits per heavy atom. The van der Waals surface area contributed by atoms with E-state index < -0.39 is 0 Å². The molecule has 0 unspecified atom stereocenters. The van der Waals surface area contributed by atoms with Crippen LogP contribution in [0.5, 0.6) is 5.75 Å². The molecule has 0 saturated carbocycles. The number of hydrogen-bond donors (Lipinski definition) is 2. The van der Waals surface area contributed by atoms with E-state index in [0.717, 1.165) is 17.1 Å². The highest BCUT2D eigenvalue weighted by atomic mass is 16.5. The molecule has 0 fully saturated rings. The summed E-state index contributed by atoms with van der Waals surface area (Å²) in [6.07, 6.45) is 0. The monoisotopic (exact) mass is 403 g/mol. The molecule has 2 N–H and O–H groups in total. The summed E-state index contributed by atoms with van der Waals surface area (Å²) < 4.78 is 5.45. The number of amides is 2. The van der Waals surface area contributed by atoms with Crippen molar-refractivity contribution in [2.75, 3.05) is 35.7 Å². The molecule has 0 heterocycles. The average Bonchev–Trinajstić information content (AvgIpc) is 2.78. The summed E-state index contributed by atoms with van der Waals surface area (Å²) in [4.78, 5) is 26.4. The van der Waals surface area contributed by atoms with Gasteiger partial charge < -0.3 is 20.3 Å². The van der Waals surface area contributed by atoms with E-state index in [2.05, 4.69) is 10.6 Å². The summed E-state index contributed by atoms with van der Waals surface area (Å²) in [7, 11) is 1.74. The third kappa shape index (κ3) is 5.61. The van der Waals surface area contributed by atoms with E-state index in [0.29, 0.717) is 17.9 Å². The number of nitrogens with one attached hydrogen (secondary N) is 2. The second kappa shape index (κ2) is 10.1. The van der Waals surface area contributed by atoms with Gasteiger partial charge in [0.05, 0.1) is 13.2 Å².